The number of pyridine rings is 1. The summed E-state index contributed by atoms with van der Waals surface area (Å²) >= 11 is 0. The van der Waals surface area contributed by atoms with Gasteiger partial charge in [0.25, 0.3) is 0 Å². The minimum Gasteiger partial charge on any atom is -0.439 e. The van der Waals surface area contributed by atoms with Gasteiger partial charge in [-0.15, -0.1) is 0 Å². The van der Waals surface area contributed by atoms with Crippen molar-refractivity contribution in [3.8, 4) is 11.6 Å². The van der Waals surface area contributed by atoms with Crippen molar-refractivity contribution in [1.82, 2.24) is 9.88 Å². The summed E-state index contributed by atoms with van der Waals surface area (Å²) in [5, 5.41) is 0. The van der Waals surface area contributed by atoms with E-state index in [1.807, 2.05) is 36.4 Å². The van der Waals surface area contributed by atoms with Gasteiger partial charge in [-0.25, -0.2) is 4.98 Å². The maximum atomic E-state index is 5.91. The summed E-state index contributed by atoms with van der Waals surface area (Å²) in [5.74, 6) is 1.57. The van der Waals surface area contributed by atoms with Gasteiger partial charge in [-0.3, -0.25) is 4.90 Å². The fourth-order valence-corrected chi connectivity index (χ4v) is 2.59. The molecule has 0 N–H and O–H groups in total. The van der Waals surface area contributed by atoms with Crippen LogP contribution in [0.15, 0.2) is 48.7 Å². The molecule has 1 aromatic carbocycles. The summed E-state index contributed by atoms with van der Waals surface area (Å²) < 4.78 is 5.91. The molecule has 1 aromatic heterocycles. The van der Waals surface area contributed by atoms with Gasteiger partial charge in [0.05, 0.1) is 0 Å². The first-order valence-electron chi connectivity index (χ1n) is 7.31. The number of benzene rings is 1. The molecule has 1 saturated heterocycles. The zero-order chi connectivity index (χ0) is 13.6. The van der Waals surface area contributed by atoms with E-state index in [2.05, 4.69) is 16.0 Å². The fourth-order valence-electron chi connectivity index (χ4n) is 2.59. The van der Waals surface area contributed by atoms with Gasteiger partial charge in [-0.1, -0.05) is 30.7 Å². The molecule has 0 saturated carbocycles. The van der Waals surface area contributed by atoms with Crippen molar-refractivity contribution in [3.05, 3.63) is 54.2 Å². The standard InChI is InChI=1S/C17H20N2O/c1-3-9-16(10-4-1)20-17-15(8-7-11-18-17)14-19-12-5-2-6-13-19/h1,3-4,7-11H,2,5-6,12-14H2. The Morgan fingerprint density at radius 2 is 1.75 bits per heavy atom. The van der Waals surface area contributed by atoms with E-state index < -0.39 is 0 Å². The largest absolute Gasteiger partial charge is 0.439 e. The number of likely N-dealkylation sites (tertiary alicyclic amines) is 1. The van der Waals surface area contributed by atoms with E-state index in [9.17, 15) is 0 Å². The first-order chi connectivity index (χ1) is 9.92. The van der Waals surface area contributed by atoms with Crippen molar-refractivity contribution in [3.63, 3.8) is 0 Å². The average molecular weight is 268 g/mol. The minimum absolute atomic E-state index is 0.726. The smallest absolute Gasteiger partial charge is 0.223 e. The molecule has 3 nitrogen and oxygen atoms in total. The SMILES string of the molecule is c1ccc(Oc2ncccc2CN2CCCCC2)cc1. The van der Waals surface area contributed by atoms with Crippen LogP contribution in [-0.4, -0.2) is 23.0 Å². The van der Waals surface area contributed by atoms with Gasteiger partial charge in [0.15, 0.2) is 0 Å². The van der Waals surface area contributed by atoms with Crippen molar-refractivity contribution in [2.75, 3.05) is 13.1 Å². The number of ether oxygens (including phenoxy) is 1. The molecule has 1 aliphatic rings. The molecule has 0 unspecified atom stereocenters. The van der Waals surface area contributed by atoms with E-state index in [4.69, 9.17) is 4.74 Å². The van der Waals surface area contributed by atoms with Gasteiger partial charge in [0.2, 0.25) is 5.88 Å². The van der Waals surface area contributed by atoms with Crippen LogP contribution < -0.4 is 4.74 Å². The Kier molecular flexibility index (Phi) is 4.28. The van der Waals surface area contributed by atoms with Crippen LogP contribution in [0.1, 0.15) is 24.8 Å². The molecule has 2 heterocycles. The molecule has 3 heteroatoms. The van der Waals surface area contributed by atoms with Crippen molar-refractivity contribution in [1.29, 1.82) is 0 Å². The predicted octanol–water partition coefficient (Wildman–Crippen LogP) is 3.86. The lowest BCUT2D eigenvalue weighted by Gasteiger charge is -2.26. The molecular weight excluding hydrogens is 248 g/mol. The highest BCUT2D eigenvalue weighted by atomic mass is 16.5. The molecule has 0 spiro atoms. The summed E-state index contributed by atoms with van der Waals surface area (Å²) in [6.45, 7) is 3.29. The second-order valence-electron chi connectivity index (χ2n) is 5.22. The third-order valence-electron chi connectivity index (χ3n) is 3.65. The molecule has 0 radical (unpaired) electrons. The topological polar surface area (TPSA) is 25.4 Å². The Labute approximate surface area is 120 Å². The molecule has 0 bridgehead atoms. The lowest BCUT2D eigenvalue weighted by molar-refractivity contribution is 0.218. The van der Waals surface area contributed by atoms with E-state index in [1.165, 1.54) is 37.9 Å². The van der Waals surface area contributed by atoms with Crippen molar-refractivity contribution >= 4 is 0 Å². The summed E-state index contributed by atoms with van der Waals surface area (Å²) in [6.07, 6.45) is 5.75. The molecule has 1 aliphatic heterocycles. The quantitative estimate of drug-likeness (QED) is 0.842. The fraction of sp³-hybridized carbons (Fsp3) is 0.353. The van der Waals surface area contributed by atoms with Crippen LogP contribution in [-0.2, 0) is 6.54 Å². The van der Waals surface area contributed by atoms with Crippen LogP contribution in [0.25, 0.3) is 0 Å². The van der Waals surface area contributed by atoms with Crippen LogP contribution in [0, 0.1) is 0 Å². The monoisotopic (exact) mass is 268 g/mol. The first kappa shape index (κ1) is 13.1. The number of hydrogen-bond donors (Lipinski definition) is 0. The lowest BCUT2D eigenvalue weighted by Crippen LogP contribution is -2.29. The van der Waals surface area contributed by atoms with Gasteiger partial charge in [-0.05, 0) is 44.1 Å². The molecule has 0 amide bonds. The third kappa shape index (κ3) is 3.36. The van der Waals surface area contributed by atoms with Gasteiger partial charge < -0.3 is 4.74 Å². The van der Waals surface area contributed by atoms with Gasteiger partial charge in [0, 0.05) is 18.3 Å². The molecule has 0 aliphatic carbocycles. The van der Waals surface area contributed by atoms with E-state index >= 15 is 0 Å². The summed E-state index contributed by atoms with van der Waals surface area (Å²) in [6, 6.07) is 13.9. The second-order valence-corrected chi connectivity index (χ2v) is 5.22. The highest BCUT2D eigenvalue weighted by Crippen LogP contribution is 2.24. The molecular formula is C17H20N2O. The van der Waals surface area contributed by atoms with E-state index in [-0.39, 0.29) is 0 Å². The first-order valence-corrected chi connectivity index (χ1v) is 7.31. The Balaban J connectivity index is 1.74. The van der Waals surface area contributed by atoms with Crippen molar-refractivity contribution in [2.24, 2.45) is 0 Å². The van der Waals surface area contributed by atoms with Crippen LogP contribution in [0.2, 0.25) is 0 Å². The third-order valence-corrected chi connectivity index (χ3v) is 3.65. The predicted molar refractivity (Wildman–Crippen MR) is 79.9 cm³/mol. The Bertz CT molecular complexity index is 536. The van der Waals surface area contributed by atoms with E-state index in [0.29, 0.717) is 0 Å². The number of rotatable bonds is 4. The number of piperidine rings is 1. The molecule has 2 aromatic rings. The summed E-state index contributed by atoms with van der Waals surface area (Å²) in [4.78, 5) is 6.88. The Hall–Kier alpha value is -1.87. The van der Waals surface area contributed by atoms with Crippen LogP contribution in [0.3, 0.4) is 0 Å². The highest BCUT2D eigenvalue weighted by molar-refractivity contribution is 5.32. The van der Waals surface area contributed by atoms with Crippen LogP contribution in [0.4, 0.5) is 0 Å². The number of nitrogens with zero attached hydrogens (tertiary/aromatic N) is 2. The average Bonchev–Trinajstić information content (AvgIpc) is 2.51. The van der Waals surface area contributed by atoms with Gasteiger partial charge in [0.1, 0.15) is 5.75 Å². The molecule has 0 atom stereocenters. The second kappa shape index (κ2) is 6.53. The summed E-state index contributed by atoms with van der Waals surface area (Å²) in [7, 11) is 0. The normalized spacial score (nSPS) is 16.0. The zero-order valence-corrected chi connectivity index (χ0v) is 11.7. The molecule has 104 valence electrons. The van der Waals surface area contributed by atoms with Gasteiger partial charge >= 0.3 is 0 Å². The molecule has 3 rings (SSSR count). The number of para-hydroxylation sites is 1. The maximum Gasteiger partial charge on any atom is 0.223 e. The van der Waals surface area contributed by atoms with Gasteiger partial charge in [-0.2, -0.15) is 0 Å². The molecule has 1 fully saturated rings. The zero-order valence-electron chi connectivity index (χ0n) is 11.7. The Morgan fingerprint density at radius 3 is 2.55 bits per heavy atom. The Morgan fingerprint density at radius 1 is 0.950 bits per heavy atom. The van der Waals surface area contributed by atoms with Crippen LogP contribution >= 0.6 is 0 Å². The maximum absolute atomic E-state index is 5.91. The van der Waals surface area contributed by atoms with E-state index in [1.54, 1.807) is 6.20 Å². The highest BCUT2D eigenvalue weighted by Gasteiger charge is 2.14. The minimum atomic E-state index is 0.726. The number of aromatic nitrogens is 1. The summed E-state index contributed by atoms with van der Waals surface area (Å²) in [5.41, 5.74) is 1.17. The molecule has 20 heavy (non-hydrogen) atoms. The lowest BCUT2D eigenvalue weighted by atomic mass is 10.1. The van der Waals surface area contributed by atoms with Crippen LogP contribution in [0.5, 0.6) is 11.6 Å². The van der Waals surface area contributed by atoms with Crippen molar-refractivity contribution in [2.45, 2.75) is 25.8 Å². The van der Waals surface area contributed by atoms with Crippen molar-refractivity contribution < 1.29 is 4.74 Å². The number of hydrogen-bond acceptors (Lipinski definition) is 3. The van der Waals surface area contributed by atoms with E-state index in [0.717, 1.165) is 18.2 Å².